The van der Waals surface area contributed by atoms with Gasteiger partial charge in [0.2, 0.25) is 5.91 Å². The molecule has 3 N–H and O–H groups in total. The van der Waals surface area contributed by atoms with Crippen molar-refractivity contribution in [2.75, 3.05) is 6.61 Å². The number of halogens is 2. The average molecular weight is 399 g/mol. The summed E-state index contributed by atoms with van der Waals surface area (Å²) in [5, 5.41) is 4.45. The van der Waals surface area contributed by atoms with Crippen LogP contribution in [0.25, 0.3) is 0 Å². The molecule has 0 bridgehead atoms. The third-order valence-electron chi connectivity index (χ3n) is 3.30. The van der Waals surface area contributed by atoms with Gasteiger partial charge in [-0.2, -0.15) is 5.10 Å². The fourth-order valence-electron chi connectivity index (χ4n) is 2.15. The number of H-pyrrole nitrogens is 2. The summed E-state index contributed by atoms with van der Waals surface area (Å²) in [7, 11) is 0. The normalized spacial score (nSPS) is 10.9. The van der Waals surface area contributed by atoms with Gasteiger partial charge in [0.15, 0.2) is 5.75 Å². The minimum atomic E-state index is -0.626. The highest BCUT2D eigenvalue weighted by Crippen LogP contribution is 2.33. The molecule has 138 valence electrons. The minimum absolute atomic E-state index is 0.157. The molecule has 0 unspecified atom stereocenters. The first kappa shape index (κ1) is 19.7. The molecule has 1 amide bonds. The monoisotopic (exact) mass is 398 g/mol. The molecule has 2 rings (SSSR count). The van der Waals surface area contributed by atoms with Gasteiger partial charge < -0.3 is 9.72 Å². The van der Waals surface area contributed by atoms with Crippen LogP contribution in [0.4, 0.5) is 0 Å². The fourth-order valence-corrected chi connectivity index (χ4v) is 2.77. The number of benzene rings is 1. The maximum absolute atomic E-state index is 11.9. The minimum Gasteiger partial charge on any atom is -0.491 e. The van der Waals surface area contributed by atoms with Gasteiger partial charge in [0, 0.05) is 11.3 Å². The molecular weight excluding hydrogens is 383 g/mol. The molecule has 0 aliphatic carbocycles. The Kier molecular flexibility index (Phi) is 6.59. The van der Waals surface area contributed by atoms with E-state index in [-0.39, 0.29) is 12.0 Å². The van der Waals surface area contributed by atoms with E-state index in [1.165, 1.54) is 13.1 Å². The van der Waals surface area contributed by atoms with Crippen LogP contribution >= 0.6 is 23.2 Å². The number of hydrogen-bond donors (Lipinski definition) is 3. The number of carbonyl (C=O) groups is 1. The van der Waals surface area contributed by atoms with Gasteiger partial charge >= 0.3 is 5.69 Å². The van der Waals surface area contributed by atoms with E-state index >= 15 is 0 Å². The molecule has 10 heteroatoms. The second-order valence-corrected chi connectivity index (χ2v) is 6.04. The third kappa shape index (κ3) is 4.96. The van der Waals surface area contributed by atoms with Gasteiger partial charge in [-0.05, 0) is 31.5 Å². The lowest BCUT2D eigenvalue weighted by Gasteiger charge is -2.08. The Labute approximate surface area is 158 Å². The summed E-state index contributed by atoms with van der Waals surface area (Å²) < 4.78 is 5.33. The van der Waals surface area contributed by atoms with Crippen LogP contribution in [0.2, 0.25) is 10.0 Å². The predicted octanol–water partition coefficient (Wildman–Crippen LogP) is 1.77. The first-order valence-corrected chi connectivity index (χ1v) is 8.33. The number of aromatic nitrogens is 2. The van der Waals surface area contributed by atoms with E-state index in [4.69, 9.17) is 27.9 Å². The van der Waals surface area contributed by atoms with Crippen molar-refractivity contribution >= 4 is 35.3 Å². The number of carbonyl (C=O) groups excluding carboxylic acids is 1. The number of hydrogen-bond acceptors (Lipinski definition) is 5. The molecule has 0 aliphatic rings. The molecular formula is C16H16Cl2N4O4. The summed E-state index contributed by atoms with van der Waals surface area (Å²) in [6, 6.07) is 3.18. The number of aryl methyl sites for hydroxylation is 1. The van der Waals surface area contributed by atoms with Crippen molar-refractivity contribution in [3.63, 3.8) is 0 Å². The van der Waals surface area contributed by atoms with Crippen molar-refractivity contribution in [2.45, 2.75) is 20.3 Å². The molecule has 0 radical (unpaired) electrons. The van der Waals surface area contributed by atoms with Crippen LogP contribution in [0.5, 0.6) is 5.75 Å². The molecule has 0 fully saturated rings. The van der Waals surface area contributed by atoms with Crippen molar-refractivity contribution in [1.29, 1.82) is 0 Å². The third-order valence-corrected chi connectivity index (χ3v) is 3.87. The van der Waals surface area contributed by atoms with Crippen LogP contribution in [0.15, 0.2) is 26.8 Å². The molecule has 1 aromatic heterocycles. The molecule has 0 aliphatic heterocycles. The van der Waals surface area contributed by atoms with Crippen LogP contribution < -0.4 is 21.4 Å². The number of aromatic amines is 2. The summed E-state index contributed by atoms with van der Waals surface area (Å²) in [4.78, 5) is 39.3. The van der Waals surface area contributed by atoms with Crippen molar-refractivity contribution < 1.29 is 9.53 Å². The number of nitrogens with zero attached hydrogens (tertiary/aromatic N) is 1. The van der Waals surface area contributed by atoms with E-state index in [1.807, 2.05) is 6.92 Å². The lowest BCUT2D eigenvalue weighted by atomic mass is 10.1. The molecule has 1 heterocycles. The quantitative estimate of drug-likeness (QED) is 0.507. The van der Waals surface area contributed by atoms with Gasteiger partial charge in [-0.1, -0.05) is 23.2 Å². The lowest BCUT2D eigenvalue weighted by Crippen LogP contribution is -2.30. The summed E-state index contributed by atoms with van der Waals surface area (Å²) in [5.41, 5.74) is 2.09. The molecule has 0 saturated carbocycles. The number of hydrazone groups is 1. The van der Waals surface area contributed by atoms with Gasteiger partial charge in [-0.25, -0.2) is 10.2 Å². The largest absolute Gasteiger partial charge is 0.491 e. The standard InChI is InChI=1S/C16H16Cl2N4O4/c1-3-26-14-11(17)4-9(5-12(14)18)7-19-22-13(23)6-10-8(2)20-16(25)21-15(10)24/h4-5,7H,3,6H2,1-2H3,(H,22,23)(H2,20,21,24,25)/b19-7-. The van der Waals surface area contributed by atoms with Crippen LogP contribution in [0.1, 0.15) is 23.7 Å². The van der Waals surface area contributed by atoms with E-state index in [2.05, 4.69) is 20.5 Å². The zero-order chi connectivity index (χ0) is 19.3. The van der Waals surface area contributed by atoms with Gasteiger partial charge in [0.25, 0.3) is 5.56 Å². The van der Waals surface area contributed by atoms with E-state index in [9.17, 15) is 14.4 Å². The SMILES string of the molecule is CCOc1c(Cl)cc(/C=N\NC(=O)Cc2c(C)[nH]c(=O)[nH]c2=O)cc1Cl. The molecule has 2 aromatic rings. The predicted molar refractivity (Wildman–Crippen MR) is 99.5 cm³/mol. The first-order valence-electron chi connectivity index (χ1n) is 7.57. The number of ether oxygens (including phenoxy) is 1. The zero-order valence-corrected chi connectivity index (χ0v) is 15.5. The summed E-state index contributed by atoms with van der Waals surface area (Å²) in [5.74, 6) is -0.144. The highest BCUT2D eigenvalue weighted by Gasteiger charge is 2.11. The Balaban J connectivity index is 2.06. The van der Waals surface area contributed by atoms with Gasteiger partial charge in [0.1, 0.15) is 0 Å². The average Bonchev–Trinajstić information content (AvgIpc) is 2.54. The molecule has 0 atom stereocenters. The van der Waals surface area contributed by atoms with Crippen molar-refractivity contribution in [2.24, 2.45) is 5.10 Å². The van der Waals surface area contributed by atoms with Crippen molar-refractivity contribution in [1.82, 2.24) is 15.4 Å². The molecule has 26 heavy (non-hydrogen) atoms. The summed E-state index contributed by atoms with van der Waals surface area (Å²) >= 11 is 12.2. The molecule has 8 nitrogen and oxygen atoms in total. The topological polar surface area (TPSA) is 116 Å². The Morgan fingerprint density at radius 2 is 1.92 bits per heavy atom. The Morgan fingerprint density at radius 1 is 1.27 bits per heavy atom. The van der Waals surface area contributed by atoms with Crippen molar-refractivity contribution in [3.05, 3.63) is 59.8 Å². The summed E-state index contributed by atoms with van der Waals surface area (Å²) in [6.07, 6.45) is 1.12. The van der Waals surface area contributed by atoms with Gasteiger partial charge in [0.05, 0.1) is 29.3 Å². The van der Waals surface area contributed by atoms with Crippen molar-refractivity contribution in [3.8, 4) is 5.75 Å². The van der Waals surface area contributed by atoms with Crippen LogP contribution in [-0.2, 0) is 11.2 Å². The zero-order valence-electron chi connectivity index (χ0n) is 14.0. The van der Waals surface area contributed by atoms with Crippen LogP contribution in [0, 0.1) is 6.92 Å². The summed E-state index contributed by atoms with van der Waals surface area (Å²) in [6.45, 7) is 3.77. The van der Waals surface area contributed by atoms with Gasteiger partial charge in [-0.15, -0.1) is 0 Å². The van der Waals surface area contributed by atoms with E-state index in [1.54, 1.807) is 12.1 Å². The Hall–Kier alpha value is -2.58. The number of nitrogens with one attached hydrogen (secondary N) is 3. The molecule has 0 saturated heterocycles. The molecule has 0 spiro atoms. The van der Waals surface area contributed by atoms with Gasteiger partial charge in [-0.3, -0.25) is 14.6 Å². The van der Waals surface area contributed by atoms with E-state index in [0.29, 0.717) is 33.7 Å². The number of amides is 1. The Bertz CT molecular complexity index is 942. The highest BCUT2D eigenvalue weighted by atomic mass is 35.5. The van der Waals surface area contributed by atoms with Crippen LogP contribution in [0.3, 0.4) is 0 Å². The first-order chi connectivity index (χ1) is 12.3. The molecule has 1 aromatic carbocycles. The second-order valence-electron chi connectivity index (χ2n) is 5.23. The fraction of sp³-hybridized carbons (Fsp3) is 0.250. The Morgan fingerprint density at radius 3 is 2.50 bits per heavy atom. The maximum atomic E-state index is 11.9. The van der Waals surface area contributed by atoms with E-state index in [0.717, 1.165) is 0 Å². The highest BCUT2D eigenvalue weighted by molar-refractivity contribution is 6.37. The smallest absolute Gasteiger partial charge is 0.325 e. The maximum Gasteiger partial charge on any atom is 0.325 e. The second kappa shape index (κ2) is 8.68. The number of rotatable bonds is 6. The van der Waals surface area contributed by atoms with Crippen LogP contribution in [-0.4, -0.2) is 28.7 Å². The lowest BCUT2D eigenvalue weighted by molar-refractivity contribution is -0.120. The van der Waals surface area contributed by atoms with E-state index < -0.39 is 17.2 Å².